The fourth-order valence-corrected chi connectivity index (χ4v) is 4.42. The van der Waals surface area contributed by atoms with Crippen molar-refractivity contribution in [1.82, 2.24) is 9.55 Å². The van der Waals surface area contributed by atoms with E-state index in [0.29, 0.717) is 0 Å². The zero-order valence-electron chi connectivity index (χ0n) is 17.9. The molecule has 0 aliphatic carbocycles. The number of aromatic nitrogens is 2. The normalized spacial score (nSPS) is 11.3. The molecule has 33 heavy (non-hydrogen) atoms. The Kier molecular flexibility index (Phi) is 5.33. The maximum absolute atomic E-state index is 11.2. The molecular weight excluding hydrogens is 408 g/mol. The number of imidazole rings is 1. The molecule has 0 saturated heterocycles. The molecule has 4 nitrogen and oxygen atoms in total. The van der Waals surface area contributed by atoms with Crippen molar-refractivity contribution in [1.29, 1.82) is 0 Å². The molecule has 5 aromatic rings. The number of carbonyl (C=O) groups is 1. The van der Waals surface area contributed by atoms with Crippen LogP contribution in [0.5, 0.6) is 0 Å². The molecule has 0 unspecified atom stereocenters. The van der Waals surface area contributed by atoms with Gasteiger partial charge in [0.25, 0.3) is 0 Å². The summed E-state index contributed by atoms with van der Waals surface area (Å²) in [6.07, 6.45) is 3.89. The lowest BCUT2D eigenvalue weighted by molar-refractivity contribution is 0.0697. The Morgan fingerprint density at radius 1 is 0.667 bits per heavy atom. The third-order valence-electron chi connectivity index (χ3n) is 5.97. The van der Waals surface area contributed by atoms with E-state index < -0.39 is 11.5 Å². The third kappa shape index (κ3) is 3.62. The van der Waals surface area contributed by atoms with Gasteiger partial charge in [0.15, 0.2) is 0 Å². The Morgan fingerprint density at radius 3 is 1.55 bits per heavy atom. The fraction of sp³-hybridized carbons (Fsp3) is 0.0345. The van der Waals surface area contributed by atoms with Crippen LogP contribution in [-0.2, 0) is 5.54 Å². The second-order valence-corrected chi connectivity index (χ2v) is 7.86. The van der Waals surface area contributed by atoms with Gasteiger partial charge in [-0.3, -0.25) is 0 Å². The Bertz CT molecular complexity index is 1260. The molecule has 0 amide bonds. The lowest BCUT2D eigenvalue weighted by Gasteiger charge is -2.37. The molecule has 160 valence electrons. The van der Waals surface area contributed by atoms with Crippen LogP contribution in [0.1, 0.15) is 27.0 Å². The molecule has 0 atom stereocenters. The van der Waals surface area contributed by atoms with E-state index in [4.69, 9.17) is 4.98 Å². The van der Waals surface area contributed by atoms with Crippen molar-refractivity contribution in [2.24, 2.45) is 0 Å². The van der Waals surface area contributed by atoms with Crippen LogP contribution in [0.4, 0.5) is 0 Å². The molecule has 0 radical (unpaired) electrons. The largest absolute Gasteiger partial charge is 0.478 e. The smallest absolute Gasteiger partial charge is 0.335 e. The zero-order valence-corrected chi connectivity index (χ0v) is 17.9. The lowest BCUT2D eigenvalue weighted by Crippen LogP contribution is -2.36. The van der Waals surface area contributed by atoms with Crippen LogP contribution in [0.3, 0.4) is 0 Å². The maximum atomic E-state index is 11.2. The first-order valence-electron chi connectivity index (χ1n) is 10.7. The quantitative estimate of drug-likeness (QED) is 0.332. The summed E-state index contributed by atoms with van der Waals surface area (Å²) in [5.74, 6) is -0.941. The van der Waals surface area contributed by atoms with E-state index in [1.54, 1.807) is 24.3 Å². The van der Waals surface area contributed by atoms with Crippen LogP contribution >= 0.6 is 0 Å². The molecule has 0 aliphatic heterocycles. The first-order chi connectivity index (χ1) is 16.2. The number of aromatic carboxylic acids is 1. The van der Waals surface area contributed by atoms with Crippen LogP contribution in [0.25, 0.3) is 11.3 Å². The molecule has 0 spiro atoms. The van der Waals surface area contributed by atoms with E-state index in [9.17, 15) is 9.90 Å². The van der Waals surface area contributed by atoms with E-state index in [2.05, 4.69) is 77.4 Å². The van der Waals surface area contributed by atoms with Gasteiger partial charge in [0.05, 0.1) is 17.6 Å². The standard InChI is InChI=1S/C29H22N2O2/c32-28(33)23-18-16-22(17-19-23)27-20-31(21-30-27)29(24-10-4-1-5-11-24,25-12-6-2-7-13-25)26-14-8-3-9-15-26/h1-21H,(H,32,33). The van der Waals surface area contributed by atoms with E-state index in [0.717, 1.165) is 27.9 Å². The summed E-state index contributed by atoms with van der Waals surface area (Å²) in [6, 6.07) is 38.0. The van der Waals surface area contributed by atoms with Crippen LogP contribution in [0.2, 0.25) is 0 Å². The summed E-state index contributed by atoms with van der Waals surface area (Å²) in [5, 5.41) is 9.22. The molecule has 1 aromatic heterocycles. The van der Waals surface area contributed by atoms with Gasteiger partial charge in [-0.05, 0) is 28.8 Å². The summed E-state index contributed by atoms with van der Waals surface area (Å²) in [4.78, 5) is 16.0. The van der Waals surface area contributed by atoms with Gasteiger partial charge in [-0.1, -0.05) is 103 Å². The Labute approximate surface area is 192 Å². The average molecular weight is 431 g/mol. The highest BCUT2D eigenvalue weighted by molar-refractivity contribution is 5.88. The number of carboxylic acid groups (broad SMARTS) is 1. The highest BCUT2D eigenvalue weighted by Crippen LogP contribution is 2.41. The van der Waals surface area contributed by atoms with Gasteiger partial charge < -0.3 is 9.67 Å². The molecule has 1 N–H and O–H groups in total. The second-order valence-electron chi connectivity index (χ2n) is 7.86. The molecule has 5 rings (SSSR count). The SMILES string of the molecule is O=C(O)c1ccc(-c2cn(C(c3ccccc3)(c3ccccc3)c3ccccc3)cn2)cc1. The van der Waals surface area contributed by atoms with Gasteiger partial charge in [0, 0.05) is 11.8 Å². The van der Waals surface area contributed by atoms with Gasteiger partial charge in [-0.2, -0.15) is 0 Å². The Balaban J connectivity index is 1.75. The van der Waals surface area contributed by atoms with Gasteiger partial charge in [-0.25, -0.2) is 9.78 Å². The zero-order chi connectivity index (χ0) is 22.7. The highest BCUT2D eigenvalue weighted by atomic mass is 16.4. The predicted molar refractivity (Wildman–Crippen MR) is 129 cm³/mol. The number of hydrogen-bond acceptors (Lipinski definition) is 2. The molecule has 0 bridgehead atoms. The fourth-order valence-electron chi connectivity index (χ4n) is 4.42. The lowest BCUT2D eigenvalue weighted by atomic mass is 9.77. The van der Waals surface area contributed by atoms with E-state index >= 15 is 0 Å². The molecule has 0 aliphatic rings. The number of rotatable bonds is 6. The van der Waals surface area contributed by atoms with Crippen molar-refractivity contribution in [3.63, 3.8) is 0 Å². The summed E-state index contributed by atoms with van der Waals surface area (Å²) >= 11 is 0. The van der Waals surface area contributed by atoms with Crippen molar-refractivity contribution in [3.8, 4) is 11.3 Å². The van der Waals surface area contributed by atoms with E-state index in [1.807, 2.05) is 30.7 Å². The summed E-state index contributed by atoms with van der Waals surface area (Å²) in [7, 11) is 0. The minimum atomic E-state index is -0.941. The topological polar surface area (TPSA) is 55.1 Å². The van der Waals surface area contributed by atoms with E-state index in [-0.39, 0.29) is 5.56 Å². The van der Waals surface area contributed by atoms with Crippen LogP contribution in [0.15, 0.2) is 128 Å². The molecule has 1 heterocycles. The molecule has 0 saturated carbocycles. The summed E-state index contributed by atoms with van der Waals surface area (Å²) in [6.45, 7) is 0. The first kappa shape index (κ1) is 20.5. The van der Waals surface area contributed by atoms with Crippen molar-refractivity contribution >= 4 is 5.97 Å². The van der Waals surface area contributed by atoms with Crippen molar-refractivity contribution in [2.45, 2.75) is 5.54 Å². The predicted octanol–water partition coefficient (Wildman–Crippen LogP) is 6.09. The second kappa shape index (κ2) is 8.60. The third-order valence-corrected chi connectivity index (χ3v) is 5.97. The molecule has 4 aromatic carbocycles. The summed E-state index contributed by atoms with van der Waals surface area (Å²) < 4.78 is 2.15. The Hall–Kier alpha value is -4.44. The Morgan fingerprint density at radius 2 is 1.12 bits per heavy atom. The van der Waals surface area contributed by atoms with Crippen molar-refractivity contribution < 1.29 is 9.90 Å². The molecular formula is C29H22N2O2. The summed E-state index contributed by atoms with van der Waals surface area (Å²) in [5.41, 5.74) is 4.62. The van der Waals surface area contributed by atoms with Crippen LogP contribution in [0, 0.1) is 0 Å². The average Bonchev–Trinajstić information content (AvgIpc) is 3.37. The van der Waals surface area contributed by atoms with Gasteiger partial charge in [0.2, 0.25) is 0 Å². The van der Waals surface area contributed by atoms with E-state index in [1.165, 1.54) is 0 Å². The van der Waals surface area contributed by atoms with Crippen molar-refractivity contribution in [3.05, 3.63) is 150 Å². The maximum Gasteiger partial charge on any atom is 0.335 e. The number of nitrogens with zero attached hydrogens (tertiary/aromatic N) is 2. The number of carboxylic acids is 1. The van der Waals surface area contributed by atoms with Crippen LogP contribution < -0.4 is 0 Å². The minimum absolute atomic E-state index is 0.255. The van der Waals surface area contributed by atoms with Crippen LogP contribution in [-0.4, -0.2) is 20.6 Å². The monoisotopic (exact) mass is 430 g/mol. The van der Waals surface area contributed by atoms with Gasteiger partial charge in [-0.15, -0.1) is 0 Å². The van der Waals surface area contributed by atoms with Gasteiger partial charge in [0.1, 0.15) is 5.54 Å². The number of hydrogen-bond donors (Lipinski definition) is 1. The van der Waals surface area contributed by atoms with Gasteiger partial charge >= 0.3 is 5.97 Å². The first-order valence-corrected chi connectivity index (χ1v) is 10.7. The van der Waals surface area contributed by atoms with Crippen molar-refractivity contribution in [2.75, 3.05) is 0 Å². The molecule has 4 heteroatoms. The molecule has 0 fully saturated rings. The number of benzene rings is 4. The minimum Gasteiger partial charge on any atom is -0.478 e. The highest BCUT2D eigenvalue weighted by Gasteiger charge is 2.38.